The molecule has 0 radical (unpaired) electrons. The van der Waals surface area contributed by atoms with Crippen LogP contribution >= 0.6 is 0 Å². The molecule has 1 saturated carbocycles. The number of nitrogens with zero attached hydrogens (tertiary/aromatic N) is 3. The number of aliphatic imine (C=N–C) groups is 2. The number of hydrogen-bond acceptors (Lipinski definition) is 5. The molecule has 2 unspecified atom stereocenters. The van der Waals surface area contributed by atoms with E-state index in [0.717, 1.165) is 18.8 Å². The summed E-state index contributed by atoms with van der Waals surface area (Å²) in [4.78, 5) is 9.14. The first-order valence-corrected chi connectivity index (χ1v) is 11.9. The molecule has 33 heavy (non-hydrogen) atoms. The van der Waals surface area contributed by atoms with Gasteiger partial charge in [0.05, 0.1) is 12.6 Å². The third-order valence-electron chi connectivity index (χ3n) is 6.54. The van der Waals surface area contributed by atoms with Crippen LogP contribution in [0.15, 0.2) is 33.5 Å². The van der Waals surface area contributed by atoms with E-state index in [-0.39, 0.29) is 24.3 Å². The quantitative estimate of drug-likeness (QED) is 0.541. The Morgan fingerprint density at radius 1 is 1.36 bits per heavy atom. The largest absolute Gasteiger partial charge is 0.573 e. The first kappa shape index (κ1) is 25.1. The number of ether oxygens (including phenoxy) is 1. The second kappa shape index (κ2) is 11.1. The summed E-state index contributed by atoms with van der Waals surface area (Å²) < 4.78 is 42.2. The fraction of sp³-hybridized carbons (Fsp3) is 0.708. The minimum Gasteiger partial charge on any atom is -0.406 e. The van der Waals surface area contributed by atoms with Crippen molar-refractivity contribution in [1.29, 1.82) is 5.26 Å². The molecule has 0 aromatic rings. The van der Waals surface area contributed by atoms with Gasteiger partial charge in [-0.05, 0) is 43.1 Å². The molecule has 3 aliphatic rings. The number of nitriles is 1. The molecule has 2 aliphatic carbocycles. The lowest BCUT2D eigenvalue weighted by Crippen LogP contribution is -2.49. The molecule has 0 bridgehead atoms. The van der Waals surface area contributed by atoms with Crippen molar-refractivity contribution in [3.8, 4) is 6.07 Å². The highest BCUT2D eigenvalue weighted by Gasteiger charge is 2.34. The summed E-state index contributed by atoms with van der Waals surface area (Å²) in [5, 5.41) is 15.7. The van der Waals surface area contributed by atoms with Gasteiger partial charge in [-0.3, -0.25) is 9.98 Å². The average molecular weight is 466 g/mol. The fourth-order valence-electron chi connectivity index (χ4n) is 4.94. The van der Waals surface area contributed by atoms with E-state index >= 15 is 0 Å². The highest BCUT2D eigenvalue weighted by Crippen LogP contribution is 2.41. The van der Waals surface area contributed by atoms with Crippen LogP contribution in [-0.4, -0.2) is 37.8 Å². The van der Waals surface area contributed by atoms with Crippen LogP contribution in [0.4, 0.5) is 13.2 Å². The fourth-order valence-corrected chi connectivity index (χ4v) is 4.94. The SMILES string of the molecule is CCC[C@@H]1CCCC(C)(CN=C2NC(NCC3=CCCC=C3OC(F)(F)F)=NCC2C#N)C1. The molecule has 2 N–H and O–H groups in total. The van der Waals surface area contributed by atoms with Crippen molar-refractivity contribution in [2.24, 2.45) is 27.2 Å². The summed E-state index contributed by atoms with van der Waals surface area (Å²) in [6.45, 7) is 5.55. The monoisotopic (exact) mass is 465 g/mol. The first-order valence-electron chi connectivity index (χ1n) is 11.9. The van der Waals surface area contributed by atoms with E-state index < -0.39 is 12.3 Å². The van der Waals surface area contributed by atoms with Crippen LogP contribution in [-0.2, 0) is 4.74 Å². The lowest BCUT2D eigenvalue weighted by atomic mass is 9.70. The minimum absolute atomic E-state index is 0.122. The van der Waals surface area contributed by atoms with Crippen LogP contribution in [0, 0.1) is 28.6 Å². The van der Waals surface area contributed by atoms with Gasteiger partial charge in [0.1, 0.15) is 17.5 Å². The molecule has 3 rings (SSSR count). The summed E-state index contributed by atoms with van der Waals surface area (Å²) in [6, 6.07) is 2.25. The Balaban J connectivity index is 1.61. The summed E-state index contributed by atoms with van der Waals surface area (Å²) in [5.41, 5.74) is 0.553. The van der Waals surface area contributed by atoms with Gasteiger partial charge >= 0.3 is 6.36 Å². The lowest BCUT2D eigenvalue weighted by molar-refractivity contribution is -0.304. The molecular formula is C24H34F3N5O. The Morgan fingerprint density at radius 3 is 2.88 bits per heavy atom. The van der Waals surface area contributed by atoms with Crippen LogP contribution in [0.2, 0.25) is 0 Å². The molecule has 182 valence electrons. The second-order valence-electron chi connectivity index (χ2n) is 9.54. The summed E-state index contributed by atoms with van der Waals surface area (Å²) in [5.74, 6) is 1.11. The van der Waals surface area contributed by atoms with Gasteiger partial charge in [0.15, 0.2) is 5.96 Å². The van der Waals surface area contributed by atoms with E-state index in [2.05, 4.69) is 40.3 Å². The number of rotatable bonds is 7. The zero-order valence-corrected chi connectivity index (χ0v) is 19.5. The zero-order valence-electron chi connectivity index (χ0n) is 19.5. The third-order valence-corrected chi connectivity index (χ3v) is 6.54. The van der Waals surface area contributed by atoms with Crippen molar-refractivity contribution in [2.75, 3.05) is 19.6 Å². The van der Waals surface area contributed by atoms with E-state index in [0.29, 0.717) is 36.8 Å². The maximum atomic E-state index is 12.7. The molecular weight excluding hydrogens is 431 g/mol. The van der Waals surface area contributed by atoms with Crippen LogP contribution < -0.4 is 10.6 Å². The Labute approximate surface area is 194 Å². The van der Waals surface area contributed by atoms with Crippen molar-refractivity contribution in [1.82, 2.24) is 10.6 Å². The van der Waals surface area contributed by atoms with Crippen LogP contribution in [0.5, 0.6) is 0 Å². The van der Waals surface area contributed by atoms with Crippen molar-refractivity contribution in [2.45, 2.75) is 71.6 Å². The predicted octanol–water partition coefficient (Wildman–Crippen LogP) is 5.21. The molecule has 0 amide bonds. The average Bonchev–Trinajstić information content (AvgIpc) is 2.76. The van der Waals surface area contributed by atoms with Gasteiger partial charge in [-0.15, -0.1) is 13.2 Å². The number of hydrogen-bond donors (Lipinski definition) is 2. The van der Waals surface area contributed by atoms with Gasteiger partial charge in [0, 0.05) is 18.7 Å². The van der Waals surface area contributed by atoms with Gasteiger partial charge in [0.2, 0.25) is 0 Å². The van der Waals surface area contributed by atoms with Crippen molar-refractivity contribution in [3.63, 3.8) is 0 Å². The lowest BCUT2D eigenvalue weighted by Gasteiger charge is -2.37. The number of halogens is 3. The van der Waals surface area contributed by atoms with Crippen LogP contribution in [0.3, 0.4) is 0 Å². The van der Waals surface area contributed by atoms with E-state index in [1.165, 1.54) is 31.8 Å². The Kier molecular flexibility index (Phi) is 8.44. The molecule has 9 heteroatoms. The van der Waals surface area contributed by atoms with Gasteiger partial charge in [-0.2, -0.15) is 5.26 Å². The predicted molar refractivity (Wildman–Crippen MR) is 122 cm³/mol. The summed E-state index contributed by atoms with van der Waals surface area (Å²) >= 11 is 0. The Bertz CT molecular complexity index is 853. The normalized spacial score (nSPS) is 29.3. The van der Waals surface area contributed by atoms with Gasteiger partial charge in [-0.1, -0.05) is 45.6 Å². The highest BCUT2D eigenvalue weighted by atomic mass is 19.4. The number of guanidine groups is 1. The minimum atomic E-state index is -4.73. The van der Waals surface area contributed by atoms with E-state index in [4.69, 9.17) is 4.99 Å². The molecule has 0 saturated heterocycles. The van der Waals surface area contributed by atoms with E-state index in [9.17, 15) is 18.4 Å². The first-order chi connectivity index (χ1) is 15.7. The maximum Gasteiger partial charge on any atom is 0.573 e. The maximum absolute atomic E-state index is 12.7. The zero-order chi connectivity index (χ0) is 23.9. The Morgan fingerprint density at radius 2 is 2.15 bits per heavy atom. The summed E-state index contributed by atoms with van der Waals surface area (Å²) in [7, 11) is 0. The highest BCUT2D eigenvalue weighted by molar-refractivity contribution is 6.03. The molecule has 1 aliphatic heterocycles. The molecule has 0 aromatic carbocycles. The Hall–Kier alpha value is -2.50. The van der Waals surface area contributed by atoms with Gasteiger partial charge in [-0.25, -0.2) is 0 Å². The molecule has 6 nitrogen and oxygen atoms in total. The standard InChI is InChI=1S/C24H34F3N5O/c1-3-7-17-8-6-11-23(2,12-17)16-31-21-19(13-28)15-30-22(32-21)29-14-18-9-4-5-10-20(18)33-24(25,26)27/h9-10,17,19H,3-8,11-12,14-16H2,1-2H3,(H2,29,30,31,32)/t17-,19?,23?/m1/s1. The number of allylic oxidation sites excluding steroid dienone is 2. The van der Waals surface area contributed by atoms with Gasteiger partial charge < -0.3 is 15.4 Å². The molecule has 3 atom stereocenters. The number of amidine groups is 1. The van der Waals surface area contributed by atoms with Crippen molar-refractivity contribution < 1.29 is 17.9 Å². The van der Waals surface area contributed by atoms with Crippen LogP contribution in [0.25, 0.3) is 0 Å². The molecule has 0 aromatic heterocycles. The number of nitrogens with one attached hydrogen (secondary N) is 2. The van der Waals surface area contributed by atoms with E-state index in [1.807, 2.05) is 0 Å². The van der Waals surface area contributed by atoms with E-state index in [1.54, 1.807) is 6.08 Å². The van der Waals surface area contributed by atoms with Crippen molar-refractivity contribution in [3.05, 3.63) is 23.5 Å². The molecule has 1 heterocycles. The molecule has 1 fully saturated rings. The second-order valence-corrected chi connectivity index (χ2v) is 9.54. The number of alkyl halides is 3. The van der Waals surface area contributed by atoms with Crippen LogP contribution in [0.1, 0.15) is 65.2 Å². The molecule has 0 spiro atoms. The summed E-state index contributed by atoms with van der Waals surface area (Å²) in [6.07, 6.45) is 6.83. The third kappa shape index (κ3) is 7.51. The van der Waals surface area contributed by atoms with Gasteiger partial charge in [0.25, 0.3) is 0 Å². The topological polar surface area (TPSA) is 81.8 Å². The van der Waals surface area contributed by atoms with Crippen molar-refractivity contribution >= 4 is 11.8 Å². The smallest absolute Gasteiger partial charge is 0.406 e.